The van der Waals surface area contributed by atoms with Crippen molar-refractivity contribution in [3.05, 3.63) is 51.2 Å². The van der Waals surface area contributed by atoms with Crippen molar-refractivity contribution in [1.82, 2.24) is 0 Å². The maximum Gasteiger partial charge on any atom is 0.0519 e. The minimum absolute atomic E-state index is 0.452. The molecule has 0 unspecified atom stereocenters. The van der Waals surface area contributed by atoms with Crippen LogP contribution in [-0.2, 0) is 12.4 Å². The van der Waals surface area contributed by atoms with Crippen LogP contribution in [0.5, 0.6) is 0 Å². The number of anilines is 1. The Bertz CT molecular complexity index is 482. The zero-order valence-electron chi connectivity index (χ0n) is 9.49. The van der Waals surface area contributed by atoms with E-state index in [1.807, 2.05) is 12.1 Å². The molecule has 1 aromatic carbocycles. The molecule has 1 aromatic heterocycles. The van der Waals surface area contributed by atoms with Gasteiger partial charge in [0.05, 0.1) is 6.54 Å². The summed E-state index contributed by atoms with van der Waals surface area (Å²) >= 11 is 13.7. The Morgan fingerprint density at radius 2 is 2.12 bits per heavy atom. The molecule has 0 fully saturated rings. The van der Waals surface area contributed by atoms with Gasteiger partial charge in [0.25, 0.3) is 0 Å². The first kappa shape index (κ1) is 12.7. The molecule has 0 spiro atoms. The van der Waals surface area contributed by atoms with Gasteiger partial charge in [0.2, 0.25) is 0 Å². The molecule has 0 radical (unpaired) electrons. The van der Waals surface area contributed by atoms with Crippen LogP contribution in [0.25, 0.3) is 0 Å². The fourth-order valence-electron chi connectivity index (χ4n) is 1.61. The van der Waals surface area contributed by atoms with Gasteiger partial charge >= 0.3 is 0 Å². The highest BCUT2D eigenvalue weighted by atomic mass is 35.5. The number of hydrogen-bond donors (Lipinski definition) is 0. The monoisotopic (exact) mass is 285 g/mol. The number of thiophene rings is 1. The van der Waals surface area contributed by atoms with Crippen LogP contribution in [0.2, 0.25) is 5.02 Å². The van der Waals surface area contributed by atoms with Gasteiger partial charge in [0.15, 0.2) is 0 Å². The highest BCUT2D eigenvalue weighted by Gasteiger charge is 2.06. The fraction of sp³-hybridized carbons (Fsp3) is 0.231. The van der Waals surface area contributed by atoms with Gasteiger partial charge in [0, 0.05) is 28.5 Å². The SMILES string of the molecule is CN(Cc1cccs1)c1ccc(CCl)c(Cl)c1. The van der Waals surface area contributed by atoms with Crippen LogP contribution in [0.4, 0.5) is 5.69 Å². The second-order valence-electron chi connectivity index (χ2n) is 3.84. The van der Waals surface area contributed by atoms with Crippen molar-refractivity contribution in [2.45, 2.75) is 12.4 Å². The first-order chi connectivity index (χ1) is 8.20. The number of alkyl halides is 1. The molecule has 1 heterocycles. The topological polar surface area (TPSA) is 3.24 Å². The second-order valence-corrected chi connectivity index (χ2v) is 5.55. The Morgan fingerprint density at radius 3 is 2.71 bits per heavy atom. The van der Waals surface area contributed by atoms with Gasteiger partial charge < -0.3 is 4.90 Å². The zero-order valence-corrected chi connectivity index (χ0v) is 11.8. The molecule has 0 aliphatic carbocycles. The van der Waals surface area contributed by atoms with Gasteiger partial charge in [-0.05, 0) is 29.1 Å². The van der Waals surface area contributed by atoms with Gasteiger partial charge in [-0.3, -0.25) is 0 Å². The summed E-state index contributed by atoms with van der Waals surface area (Å²) in [6.07, 6.45) is 0. The minimum Gasteiger partial charge on any atom is -0.369 e. The van der Waals surface area contributed by atoms with Crippen LogP contribution in [0.1, 0.15) is 10.4 Å². The van der Waals surface area contributed by atoms with Crippen molar-refractivity contribution in [3.63, 3.8) is 0 Å². The van der Waals surface area contributed by atoms with Crippen LogP contribution < -0.4 is 4.90 Å². The average Bonchev–Trinajstić information content (AvgIpc) is 2.81. The second kappa shape index (κ2) is 5.76. The van der Waals surface area contributed by atoms with E-state index in [0.717, 1.165) is 22.8 Å². The summed E-state index contributed by atoms with van der Waals surface area (Å²) in [7, 11) is 2.06. The molecule has 0 N–H and O–H groups in total. The summed E-state index contributed by atoms with van der Waals surface area (Å²) in [5, 5.41) is 2.82. The Hall–Kier alpha value is -0.700. The number of halogens is 2. The zero-order chi connectivity index (χ0) is 12.3. The molecular formula is C13H13Cl2NS. The number of rotatable bonds is 4. The molecule has 0 saturated heterocycles. The molecule has 0 saturated carbocycles. The van der Waals surface area contributed by atoms with Gasteiger partial charge in [-0.25, -0.2) is 0 Å². The molecule has 0 aliphatic heterocycles. The molecule has 0 atom stereocenters. The van der Waals surface area contributed by atoms with Gasteiger partial charge in [-0.2, -0.15) is 0 Å². The van der Waals surface area contributed by atoms with E-state index in [1.54, 1.807) is 11.3 Å². The smallest absolute Gasteiger partial charge is 0.0519 e. The van der Waals surface area contributed by atoms with E-state index in [2.05, 4.69) is 35.5 Å². The van der Waals surface area contributed by atoms with Crippen LogP contribution in [0, 0.1) is 0 Å². The van der Waals surface area contributed by atoms with E-state index in [1.165, 1.54) is 4.88 Å². The molecule has 2 aromatic rings. The van der Waals surface area contributed by atoms with Gasteiger partial charge in [-0.1, -0.05) is 23.7 Å². The van der Waals surface area contributed by atoms with E-state index in [0.29, 0.717) is 5.88 Å². The third kappa shape index (κ3) is 3.15. The molecule has 2 rings (SSSR count). The number of hydrogen-bond acceptors (Lipinski definition) is 2. The van der Waals surface area contributed by atoms with Crippen molar-refractivity contribution in [2.75, 3.05) is 11.9 Å². The largest absolute Gasteiger partial charge is 0.369 e. The summed E-state index contributed by atoms with van der Waals surface area (Å²) in [5.74, 6) is 0.452. The van der Waals surface area contributed by atoms with E-state index >= 15 is 0 Å². The lowest BCUT2D eigenvalue weighted by Gasteiger charge is -2.19. The van der Waals surface area contributed by atoms with Crippen LogP contribution in [0.15, 0.2) is 35.7 Å². The molecule has 0 bridgehead atoms. The summed E-state index contributed by atoms with van der Waals surface area (Å²) in [6.45, 7) is 0.897. The number of benzene rings is 1. The lowest BCUT2D eigenvalue weighted by molar-refractivity contribution is 0.940. The molecular weight excluding hydrogens is 273 g/mol. The predicted octanol–water partition coefficient (Wildman–Crippen LogP) is 4.78. The van der Waals surface area contributed by atoms with Crippen molar-refractivity contribution in [2.24, 2.45) is 0 Å². The van der Waals surface area contributed by atoms with Crippen molar-refractivity contribution in [1.29, 1.82) is 0 Å². The highest BCUT2D eigenvalue weighted by Crippen LogP contribution is 2.25. The molecule has 17 heavy (non-hydrogen) atoms. The standard InChI is InChI=1S/C13H13Cl2NS/c1-16(9-12-3-2-6-17-12)11-5-4-10(8-14)13(15)7-11/h2-7H,8-9H2,1H3. The molecule has 0 amide bonds. The highest BCUT2D eigenvalue weighted by molar-refractivity contribution is 7.09. The molecule has 4 heteroatoms. The molecule has 1 nitrogen and oxygen atoms in total. The normalized spacial score (nSPS) is 10.5. The summed E-state index contributed by atoms with van der Waals surface area (Å²) in [6, 6.07) is 10.2. The first-order valence-corrected chi connectivity index (χ1v) is 7.08. The summed E-state index contributed by atoms with van der Waals surface area (Å²) in [5.41, 5.74) is 2.08. The van der Waals surface area contributed by atoms with E-state index < -0.39 is 0 Å². The van der Waals surface area contributed by atoms with Crippen molar-refractivity contribution < 1.29 is 0 Å². The van der Waals surface area contributed by atoms with E-state index in [-0.39, 0.29) is 0 Å². The third-order valence-corrected chi connectivity index (χ3v) is 4.10. The Morgan fingerprint density at radius 1 is 1.29 bits per heavy atom. The predicted molar refractivity (Wildman–Crippen MR) is 77.4 cm³/mol. The maximum atomic E-state index is 6.15. The van der Waals surface area contributed by atoms with Crippen LogP contribution >= 0.6 is 34.5 Å². The summed E-state index contributed by atoms with van der Waals surface area (Å²) < 4.78 is 0. The van der Waals surface area contributed by atoms with E-state index in [4.69, 9.17) is 23.2 Å². The first-order valence-electron chi connectivity index (χ1n) is 5.28. The maximum absolute atomic E-state index is 6.15. The van der Waals surface area contributed by atoms with E-state index in [9.17, 15) is 0 Å². The van der Waals surface area contributed by atoms with Crippen molar-refractivity contribution in [3.8, 4) is 0 Å². The Labute approximate surface area is 116 Å². The fourth-order valence-corrected chi connectivity index (χ4v) is 2.91. The van der Waals surface area contributed by atoms with Crippen molar-refractivity contribution >= 4 is 40.2 Å². The Balaban J connectivity index is 2.14. The quantitative estimate of drug-likeness (QED) is 0.731. The number of nitrogens with zero attached hydrogens (tertiary/aromatic N) is 1. The van der Waals surface area contributed by atoms with Gasteiger partial charge in [0.1, 0.15) is 0 Å². The third-order valence-electron chi connectivity index (χ3n) is 2.59. The van der Waals surface area contributed by atoms with Crippen LogP contribution in [0.3, 0.4) is 0 Å². The lowest BCUT2D eigenvalue weighted by atomic mass is 10.2. The van der Waals surface area contributed by atoms with Gasteiger partial charge in [-0.15, -0.1) is 22.9 Å². The minimum atomic E-state index is 0.452. The Kier molecular flexibility index (Phi) is 4.32. The lowest BCUT2D eigenvalue weighted by Crippen LogP contribution is -2.15. The molecule has 0 aliphatic rings. The molecule has 90 valence electrons. The van der Waals surface area contributed by atoms with Crippen LogP contribution in [-0.4, -0.2) is 7.05 Å². The average molecular weight is 286 g/mol. The summed E-state index contributed by atoms with van der Waals surface area (Å²) in [4.78, 5) is 3.51.